The van der Waals surface area contributed by atoms with Crippen molar-refractivity contribution >= 4 is 23.5 Å². The molecule has 0 unspecified atom stereocenters. The van der Waals surface area contributed by atoms with Crippen molar-refractivity contribution in [1.82, 2.24) is 10.1 Å². The van der Waals surface area contributed by atoms with E-state index < -0.39 is 5.91 Å². The highest BCUT2D eigenvalue weighted by atomic mass is 35.5. The minimum Gasteiger partial charge on any atom is -0.452 e. The Bertz CT molecular complexity index is 491. The fourth-order valence-electron chi connectivity index (χ4n) is 0.968. The molecular formula is C8H6ClN3O3. The van der Waals surface area contributed by atoms with Crippen molar-refractivity contribution in [2.45, 2.75) is 6.92 Å². The minimum absolute atomic E-state index is 0.0173. The molecule has 2 aromatic rings. The van der Waals surface area contributed by atoms with Gasteiger partial charge >= 0.3 is 6.01 Å². The van der Waals surface area contributed by atoms with E-state index in [2.05, 4.69) is 15.5 Å². The second kappa shape index (κ2) is 3.74. The summed E-state index contributed by atoms with van der Waals surface area (Å²) in [5, 5.41) is 5.92. The first kappa shape index (κ1) is 9.72. The van der Waals surface area contributed by atoms with Gasteiger partial charge in [-0.2, -0.15) is 4.98 Å². The molecule has 7 heteroatoms. The van der Waals surface area contributed by atoms with E-state index in [0.717, 1.165) is 0 Å². The molecule has 15 heavy (non-hydrogen) atoms. The normalized spacial score (nSPS) is 10.3. The smallest absolute Gasteiger partial charge is 0.328 e. The Labute approximate surface area is 89.2 Å². The van der Waals surface area contributed by atoms with Gasteiger partial charge in [-0.3, -0.25) is 10.1 Å². The van der Waals surface area contributed by atoms with Crippen LogP contribution >= 0.6 is 11.6 Å². The minimum atomic E-state index is -0.461. The summed E-state index contributed by atoms with van der Waals surface area (Å²) in [5.41, 5.74) is 0.215. The van der Waals surface area contributed by atoms with E-state index in [9.17, 15) is 4.79 Å². The van der Waals surface area contributed by atoms with E-state index in [-0.39, 0.29) is 16.8 Å². The van der Waals surface area contributed by atoms with Crippen LogP contribution in [0.15, 0.2) is 21.3 Å². The van der Waals surface area contributed by atoms with Crippen molar-refractivity contribution in [3.63, 3.8) is 0 Å². The number of hydrogen-bond acceptors (Lipinski definition) is 5. The lowest BCUT2D eigenvalue weighted by molar-refractivity contribution is 0.102. The number of carbonyl (C=O) groups excluding carboxylic acids is 1. The van der Waals surface area contributed by atoms with Crippen LogP contribution in [-0.4, -0.2) is 16.0 Å². The monoisotopic (exact) mass is 227 g/mol. The Hall–Kier alpha value is -1.82. The van der Waals surface area contributed by atoms with Gasteiger partial charge in [0.25, 0.3) is 5.91 Å². The first-order valence-electron chi connectivity index (χ1n) is 4.01. The predicted octanol–water partition coefficient (Wildman–Crippen LogP) is 1.88. The standard InChI is InChI=1S/C8H6ClN3O3/c1-4-10-8(15-12-4)11-7(13)5-2-3-14-6(5)9/h2-3H,1H3,(H,10,11,12,13). The van der Waals surface area contributed by atoms with Crippen LogP contribution in [0.25, 0.3) is 0 Å². The number of nitrogens with zero attached hydrogens (tertiary/aromatic N) is 2. The number of hydrogen-bond donors (Lipinski definition) is 1. The fourth-order valence-corrected chi connectivity index (χ4v) is 1.17. The first-order chi connectivity index (χ1) is 7.16. The summed E-state index contributed by atoms with van der Waals surface area (Å²) in [6.07, 6.45) is 1.32. The van der Waals surface area contributed by atoms with Gasteiger partial charge in [0.05, 0.1) is 11.8 Å². The molecule has 0 spiro atoms. The average Bonchev–Trinajstić information content (AvgIpc) is 2.75. The fraction of sp³-hybridized carbons (Fsp3) is 0.125. The molecule has 2 rings (SSSR count). The summed E-state index contributed by atoms with van der Waals surface area (Å²) in [4.78, 5) is 15.3. The van der Waals surface area contributed by atoms with Gasteiger partial charge in [0.2, 0.25) is 5.22 Å². The molecule has 1 amide bonds. The van der Waals surface area contributed by atoms with Crippen LogP contribution < -0.4 is 5.32 Å². The lowest BCUT2D eigenvalue weighted by atomic mass is 10.3. The van der Waals surface area contributed by atoms with Crippen molar-refractivity contribution in [2.24, 2.45) is 0 Å². The van der Waals surface area contributed by atoms with E-state index >= 15 is 0 Å². The summed E-state index contributed by atoms with van der Waals surface area (Å²) in [6.45, 7) is 1.64. The van der Waals surface area contributed by atoms with E-state index in [1.54, 1.807) is 6.92 Å². The van der Waals surface area contributed by atoms with E-state index in [1.807, 2.05) is 0 Å². The molecular weight excluding hydrogens is 222 g/mol. The van der Waals surface area contributed by atoms with Crippen LogP contribution in [0.4, 0.5) is 6.01 Å². The van der Waals surface area contributed by atoms with Crippen LogP contribution in [0, 0.1) is 6.92 Å². The zero-order valence-electron chi connectivity index (χ0n) is 7.65. The second-order valence-electron chi connectivity index (χ2n) is 2.71. The number of furan rings is 1. The van der Waals surface area contributed by atoms with Gasteiger partial charge in [-0.05, 0) is 24.6 Å². The van der Waals surface area contributed by atoms with Crippen molar-refractivity contribution in [2.75, 3.05) is 5.32 Å². The maximum absolute atomic E-state index is 11.5. The van der Waals surface area contributed by atoms with Crippen LogP contribution in [0.3, 0.4) is 0 Å². The number of aryl methyl sites for hydroxylation is 1. The molecule has 0 aliphatic carbocycles. The molecule has 0 aromatic carbocycles. The number of amides is 1. The highest BCUT2D eigenvalue weighted by Gasteiger charge is 2.15. The van der Waals surface area contributed by atoms with Gasteiger partial charge in [-0.15, -0.1) is 0 Å². The van der Waals surface area contributed by atoms with Crippen LogP contribution in [0.1, 0.15) is 16.2 Å². The second-order valence-corrected chi connectivity index (χ2v) is 3.05. The largest absolute Gasteiger partial charge is 0.452 e. The van der Waals surface area contributed by atoms with Gasteiger partial charge < -0.3 is 8.94 Å². The lowest BCUT2D eigenvalue weighted by Crippen LogP contribution is -2.11. The molecule has 78 valence electrons. The molecule has 0 aliphatic rings. The summed E-state index contributed by atoms with van der Waals surface area (Å²) in [7, 11) is 0. The maximum atomic E-state index is 11.5. The maximum Gasteiger partial charge on any atom is 0.328 e. The van der Waals surface area contributed by atoms with Gasteiger partial charge in [0.15, 0.2) is 5.82 Å². The van der Waals surface area contributed by atoms with Crippen molar-refractivity contribution < 1.29 is 13.7 Å². The van der Waals surface area contributed by atoms with Crippen molar-refractivity contribution in [1.29, 1.82) is 0 Å². The topological polar surface area (TPSA) is 81.2 Å². The number of rotatable bonds is 2. The third-order valence-electron chi connectivity index (χ3n) is 1.61. The van der Waals surface area contributed by atoms with Gasteiger partial charge in [0, 0.05) is 0 Å². The molecule has 6 nitrogen and oxygen atoms in total. The molecule has 0 saturated heterocycles. The van der Waals surface area contributed by atoms with E-state index in [0.29, 0.717) is 5.82 Å². The lowest BCUT2D eigenvalue weighted by Gasteiger charge is -1.95. The number of anilines is 1. The third-order valence-corrected chi connectivity index (χ3v) is 1.90. The Morgan fingerprint density at radius 1 is 1.60 bits per heavy atom. The van der Waals surface area contributed by atoms with Gasteiger partial charge in [-0.1, -0.05) is 5.16 Å². The zero-order valence-corrected chi connectivity index (χ0v) is 8.41. The van der Waals surface area contributed by atoms with E-state index in [1.165, 1.54) is 12.3 Å². The van der Waals surface area contributed by atoms with Crippen LogP contribution in [-0.2, 0) is 0 Å². The first-order valence-corrected chi connectivity index (χ1v) is 4.39. The molecule has 0 radical (unpaired) electrons. The third kappa shape index (κ3) is 1.99. The molecule has 2 heterocycles. The quantitative estimate of drug-likeness (QED) is 0.847. The van der Waals surface area contributed by atoms with Crippen molar-refractivity contribution in [3.05, 3.63) is 28.9 Å². The summed E-state index contributed by atoms with van der Waals surface area (Å²) < 4.78 is 9.47. The van der Waals surface area contributed by atoms with Crippen LogP contribution in [0.5, 0.6) is 0 Å². The van der Waals surface area contributed by atoms with Gasteiger partial charge in [0.1, 0.15) is 0 Å². The van der Waals surface area contributed by atoms with Crippen LogP contribution in [0.2, 0.25) is 5.22 Å². The number of carbonyl (C=O) groups is 1. The Morgan fingerprint density at radius 2 is 2.40 bits per heavy atom. The van der Waals surface area contributed by atoms with Gasteiger partial charge in [-0.25, -0.2) is 0 Å². The molecule has 0 atom stereocenters. The zero-order chi connectivity index (χ0) is 10.8. The molecule has 0 fully saturated rings. The Morgan fingerprint density at radius 3 is 2.93 bits per heavy atom. The number of aromatic nitrogens is 2. The molecule has 1 N–H and O–H groups in total. The summed E-state index contributed by atoms with van der Waals surface area (Å²) in [6, 6.07) is 1.47. The number of halogens is 1. The summed E-state index contributed by atoms with van der Waals surface area (Å²) >= 11 is 5.61. The van der Waals surface area contributed by atoms with E-state index in [4.69, 9.17) is 20.5 Å². The highest BCUT2D eigenvalue weighted by Crippen LogP contribution is 2.17. The SMILES string of the molecule is Cc1noc(NC(=O)c2ccoc2Cl)n1. The molecule has 0 bridgehead atoms. The Kier molecular flexibility index (Phi) is 2.42. The number of nitrogens with one attached hydrogen (secondary N) is 1. The molecule has 0 saturated carbocycles. The highest BCUT2D eigenvalue weighted by molar-refractivity contribution is 6.32. The Balaban J connectivity index is 2.14. The summed E-state index contributed by atoms with van der Waals surface area (Å²) in [5.74, 6) is -0.0269. The predicted molar refractivity (Wildman–Crippen MR) is 50.7 cm³/mol. The average molecular weight is 228 g/mol. The van der Waals surface area contributed by atoms with Crippen molar-refractivity contribution in [3.8, 4) is 0 Å². The molecule has 0 aliphatic heterocycles. The molecule has 2 aromatic heterocycles.